The molecule has 0 aromatic rings. The van der Waals surface area contributed by atoms with Gasteiger partial charge in [0.2, 0.25) is 0 Å². The molecule has 4 saturated carbocycles. The standard InChI is InChI=1S/C54H82O26/c1-49(2)25-8-11-54(7)41(22(57)16-20-21-17-51(4,48(71)72)13-12-50(21,3)14-15-53(20,54)6)52(25,5)10-9-26(49)75-47-39(30(61)29(60)38(78-47)42(67)68)79-46-35(66)32(63)37(40(80-46)43(69)70)77-45-34(65)31(62)36(24(19-56)74-45)76-44-33(64)28(59)27(58)23(18-55)73-44/h16,21,23-41,44-47,55-56,58-66H,8-15,17-19H2,1-7H3,(H,67,68)(H,69,70)(H,71,72)/t21-,23+,24+,25-,26-,27+,28-,29-,30-,31+,32+,33+,34+,35+,36+,37-,38-,39+,40-,41+,44+,45+,46+,47+,50+,51-,52-,53+,54+/m0/s1. The topological polar surface area (TPSA) is 425 Å². The van der Waals surface area contributed by atoms with Crippen molar-refractivity contribution in [2.75, 3.05) is 13.2 Å². The molecule has 26 nitrogen and oxygen atoms in total. The summed E-state index contributed by atoms with van der Waals surface area (Å²) in [4.78, 5) is 53.0. The van der Waals surface area contributed by atoms with Crippen molar-refractivity contribution in [3.8, 4) is 0 Å². The van der Waals surface area contributed by atoms with Gasteiger partial charge in [-0.2, -0.15) is 0 Å². The number of hydrogen-bond acceptors (Lipinski definition) is 23. The second-order valence-electron chi connectivity index (χ2n) is 26.2. The highest BCUT2D eigenvalue weighted by Crippen LogP contribution is 2.75. The molecule has 0 spiro atoms. The van der Waals surface area contributed by atoms with Crippen LogP contribution in [0.5, 0.6) is 0 Å². The van der Waals surface area contributed by atoms with Crippen molar-refractivity contribution in [2.45, 2.75) is 235 Å². The fraction of sp³-hybridized carbons (Fsp3) is 0.889. The molecule has 0 aromatic heterocycles. The van der Waals surface area contributed by atoms with E-state index in [1.54, 1.807) is 0 Å². The molecular formula is C54H82O26. The molecule has 29 atom stereocenters. The zero-order valence-electron chi connectivity index (χ0n) is 45.9. The van der Waals surface area contributed by atoms with Gasteiger partial charge in [0.25, 0.3) is 0 Å². The highest BCUT2D eigenvalue weighted by molar-refractivity contribution is 5.95. The van der Waals surface area contributed by atoms with Gasteiger partial charge in [0.05, 0.1) is 24.7 Å². The van der Waals surface area contributed by atoms with Crippen molar-refractivity contribution in [1.82, 2.24) is 0 Å². The fourth-order valence-electron chi connectivity index (χ4n) is 16.3. The third kappa shape index (κ3) is 9.79. The SMILES string of the molecule is CC1(C)[C@@H](O[C@@H]2O[C@H](C(=O)O)[C@@H](O)[C@H](O)[C@H]2O[C@@H]2O[C@H](C(=O)O)[C@@H](O[C@H]3O[C@H](CO)[C@@H](O[C@H]4O[C@H](CO)[C@@H](O)[C@H](O)[C@H]4O)[C@H](O)[C@H]3O)[C@H](O)[C@H]2O)CC[C@]2(C)[C@H]3C(=O)C=C4[C@@H]5C[C@@](C)(C(=O)O)CC[C@]5(C)CC[C@@]4(C)[C@]3(C)CC[C@@H]12. The minimum atomic E-state index is -2.33. The minimum Gasteiger partial charge on any atom is -0.481 e. The van der Waals surface area contributed by atoms with Crippen molar-refractivity contribution in [2.24, 2.45) is 50.2 Å². The van der Waals surface area contributed by atoms with E-state index in [9.17, 15) is 85.9 Å². The number of allylic oxidation sites excluding steroid dienone is 2. The van der Waals surface area contributed by atoms with Crippen LogP contribution < -0.4 is 0 Å². The number of carbonyl (C=O) groups is 4. The van der Waals surface area contributed by atoms with E-state index in [-0.39, 0.29) is 29.5 Å². The van der Waals surface area contributed by atoms with Crippen LogP contribution in [-0.2, 0) is 57.1 Å². The molecule has 9 aliphatic rings. The maximum absolute atomic E-state index is 15.0. The number of ether oxygens (including phenoxy) is 8. The second-order valence-corrected chi connectivity index (χ2v) is 26.2. The lowest BCUT2D eigenvalue weighted by Crippen LogP contribution is -2.68. The molecule has 4 aliphatic heterocycles. The summed E-state index contributed by atoms with van der Waals surface area (Å²) in [7, 11) is 0. The first kappa shape index (κ1) is 61.6. The summed E-state index contributed by atoms with van der Waals surface area (Å²) in [5, 5.41) is 150. The Labute approximate surface area is 461 Å². The van der Waals surface area contributed by atoms with Gasteiger partial charge in [-0.05, 0) is 110 Å². The molecule has 4 saturated heterocycles. The van der Waals surface area contributed by atoms with E-state index in [0.717, 1.165) is 24.8 Å². The van der Waals surface area contributed by atoms with Gasteiger partial charge in [0, 0.05) is 5.92 Å². The molecule has 0 aromatic carbocycles. The van der Waals surface area contributed by atoms with E-state index in [2.05, 4.69) is 27.7 Å². The molecule has 14 N–H and O–H groups in total. The zero-order chi connectivity index (χ0) is 58.9. The highest BCUT2D eigenvalue weighted by atomic mass is 16.8. The van der Waals surface area contributed by atoms with Gasteiger partial charge in [-0.3, -0.25) is 9.59 Å². The van der Waals surface area contributed by atoms with E-state index >= 15 is 4.79 Å². The maximum atomic E-state index is 15.0. The number of carbonyl (C=O) groups excluding carboxylic acids is 1. The van der Waals surface area contributed by atoms with Crippen LogP contribution in [-0.4, -0.2) is 237 Å². The number of hydrogen-bond donors (Lipinski definition) is 14. The molecular weight excluding hydrogens is 1060 g/mol. The molecule has 26 heteroatoms. The summed E-state index contributed by atoms with van der Waals surface area (Å²) in [5.74, 6) is -5.09. The van der Waals surface area contributed by atoms with Crippen molar-refractivity contribution in [3.05, 3.63) is 11.6 Å². The van der Waals surface area contributed by atoms with Crippen LogP contribution in [0.4, 0.5) is 0 Å². The van der Waals surface area contributed by atoms with Crippen LogP contribution in [0.15, 0.2) is 11.6 Å². The number of carboxylic acids is 3. The normalized spacial score (nSPS) is 53.0. The molecule has 454 valence electrons. The third-order valence-electron chi connectivity index (χ3n) is 21.4. The van der Waals surface area contributed by atoms with E-state index in [0.29, 0.717) is 32.1 Å². The lowest BCUT2D eigenvalue weighted by molar-refractivity contribution is -0.390. The average molecular weight is 1150 g/mol. The molecule has 5 aliphatic carbocycles. The molecule has 0 unspecified atom stereocenters. The predicted octanol–water partition coefficient (Wildman–Crippen LogP) is -2.11. The average Bonchev–Trinajstić information content (AvgIpc) is 3.41. The summed E-state index contributed by atoms with van der Waals surface area (Å²) in [6.07, 6.45) is -34.0. The number of aliphatic hydroxyl groups excluding tert-OH is 11. The molecule has 9 rings (SSSR count). The zero-order valence-corrected chi connectivity index (χ0v) is 45.9. The van der Waals surface area contributed by atoms with Crippen LogP contribution in [0.2, 0.25) is 0 Å². The number of fused-ring (bicyclic) bond motifs is 7. The van der Waals surface area contributed by atoms with Crippen LogP contribution in [0.1, 0.15) is 106 Å². The molecule has 0 amide bonds. The van der Waals surface area contributed by atoms with Gasteiger partial charge in [0.15, 0.2) is 43.2 Å². The van der Waals surface area contributed by atoms with Crippen molar-refractivity contribution < 1.29 is 129 Å². The van der Waals surface area contributed by atoms with E-state index < -0.39 is 193 Å². The highest BCUT2D eigenvalue weighted by Gasteiger charge is 2.71. The second kappa shape index (κ2) is 21.8. The summed E-state index contributed by atoms with van der Waals surface area (Å²) in [5.41, 5.74) is -2.36. The Kier molecular flexibility index (Phi) is 16.8. The molecule has 0 radical (unpaired) electrons. The van der Waals surface area contributed by atoms with Crippen LogP contribution in [0.3, 0.4) is 0 Å². The van der Waals surface area contributed by atoms with Crippen molar-refractivity contribution in [3.63, 3.8) is 0 Å². The molecule has 80 heavy (non-hydrogen) atoms. The smallest absolute Gasteiger partial charge is 0.335 e. The largest absolute Gasteiger partial charge is 0.481 e. The van der Waals surface area contributed by atoms with E-state index in [1.165, 1.54) is 0 Å². The summed E-state index contributed by atoms with van der Waals surface area (Å²) in [6.45, 7) is 12.7. The molecule has 8 fully saturated rings. The number of ketones is 1. The minimum absolute atomic E-state index is 0.00275. The first-order valence-corrected chi connectivity index (χ1v) is 27.8. The van der Waals surface area contributed by atoms with Gasteiger partial charge in [-0.15, -0.1) is 0 Å². The Morgan fingerprint density at radius 1 is 0.550 bits per heavy atom. The Bertz CT molecular complexity index is 2370. The summed E-state index contributed by atoms with van der Waals surface area (Å²) < 4.78 is 46.3. The molecule has 0 bridgehead atoms. The maximum Gasteiger partial charge on any atom is 0.335 e. The summed E-state index contributed by atoms with van der Waals surface area (Å²) >= 11 is 0. The number of rotatable bonds is 13. The van der Waals surface area contributed by atoms with Crippen molar-refractivity contribution >= 4 is 23.7 Å². The van der Waals surface area contributed by atoms with Gasteiger partial charge in [0.1, 0.15) is 85.5 Å². The number of carboxylic acid groups (broad SMARTS) is 3. The first-order valence-electron chi connectivity index (χ1n) is 27.8. The van der Waals surface area contributed by atoms with Crippen LogP contribution in [0.25, 0.3) is 0 Å². The fourth-order valence-corrected chi connectivity index (χ4v) is 16.3. The molecule has 4 heterocycles. The predicted molar refractivity (Wildman–Crippen MR) is 265 cm³/mol. The van der Waals surface area contributed by atoms with Gasteiger partial charge < -0.3 is 109 Å². The monoisotopic (exact) mass is 1150 g/mol. The Hall–Kier alpha value is -2.94. The summed E-state index contributed by atoms with van der Waals surface area (Å²) in [6, 6.07) is 0. The first-order chi connectivity index (χ1) is 37.2. The van der Waals surface area contributed by atoms with Gasteiger partial charge in [-0.1, -0.05) is 47.1 Å². The van der Waals surface area contributed by atoms with Crippen molar-refractivity contribution in [1.29, 1.82) is 0 Å². The van der Waals surface area contributed by atoms with Crippen LogP contribution in [0, 0.1) is 50.2 Å². The number of aliphatic hydroxyl groups is 11. The quantitative estimate of drug-likeness (QED) is 0.0878. The van der Waals surface area contributed by atoms with E-state index in [4.69, 9.17) is 37.9 Å². The third-order valence-corrected chi connectivity index (χ3v) is 21.4. The van der Waals surface area contributed by atoms with Crippen LogP contribution >= 0.6 is 0 Å². The van der Waals surface area contributed by atoms with E-state index in [1.807, 2.05) is 26.8 Å². The lowest BCUT2D eigenvalue weighted by Gasteiger charge is -2.70. The number of aliphatic carboxylic acids is 3. The van der Waals surface area contributed by atoms with Gasteiger partial charge in [-0.25, -0.2) is 9.59 Å². The Morgan fingerprint density at radius 3 is 1.68 bits per heavy atom. The lowest BCUT2D eigenvalue weighted by atomic mass is 9.33. The Balaban J connectivity index is 0.919. The Morgan fingerprint density at radius 2 is 1.07 bits per heavy atom. The van der Waals surface area contributed by atoms with Gasteiger partial charge >= 0.3 is 17.9 Å².